The van der Waals surface area contributed by atoms with E-state index in [9.17, 15) is 0 Å². The van der Waals surface area contributed by atoms with Crippen LogP contribution in [-0.4, -0.2) is 18.0 Å². The number of nitrogens with zero attached hydrogens (tertiary/aromatic N) is 2. The van der Waals surface area contributed by atoms with Gasteiger partial charge in [-0.15, -0.1) is 0 Å². The molecule has 0 saturated carbocycles. The lowest BCUT2D eigenvalue weighted by atomic mass is 10.2. The number of hydrogen-bond donors (Lipinski definition) is 0. The molecule has 0 aromatic carbocycles. The molecule has 13 heavy (non-hydrogen) atoms. The molecule has 0 amide bonds. The third kappa shape index (κ3) is 2.33. The van der Waals surface area contributed by atoms with Crippen molar-refractivity contribution in [3.8, 4) is 6.07 Å². The van der Waals surface area contributed by atoms with E-state index in [1.54, 1.807) is 6.26 Å². The zero-order valence-electron chi connectivity index (χ0n) is 8.24. The van der Waals surface area contributed by atoms with Gasteiger partial charge in [-0.3, -0.25) is 4.90 Å². The summed E-state index contributed by atoms with van der Waals surface area (Å²) in [5, 5.41) is 8.68. The number of furan rings is 1. The van der Waals surface area contributed by atoms with Gasteiger partial charge < -0.3 is 4.42 Å². The fourth-order valence-corrected chi connectivity index (χ4v) is 1.03. The van der Waals surface area contributed by atoms with E-state index in [2.05, 4.69) is 6.07 Å². The first-order chi connectivity index (χ1) is 6.15. The van der Waals surface area contributed by atoms with Gasteiger partial charge >= 0.3 is 0 Å². The largest absolute Gasteiger partial charge is 0.468 e. The van der Waals surface area contributed by atoms with Gasteiger partial charge in [-0.25, -0.2) is 0 Å². The average molecular weight is 178 g/mol. The summed E-state index contributed by atoms with van der Waals surface area (Å²) in [4.78, 5) is 1.95. The predicted molar refractivity (Wildman–Crippen MR) is 50.0 cm³/mol. The van der Waals surface area contributed by atoms with Crippen LogP contribution in [0.4, 0.5) is 0 Å². The molecule has 1 atom stereocenters. The molecular formula is C10H14N2O. The van der Waals surface area contributed by atoms with Gasteiger partial charge in [-0.05, 0) is 32.5 Å². The topological polar surface area (TPSA) is 40.2 Å². The molecule has 0 spiro atoms. The Morgan fingerprint density at radius 2 is 2.38 bits per heavy atom. The maximum atomic E-state index is 8.68. The lowest BCUT2D eigenvalue weighted by molar-refractivity contribution is 0.267. The van der Waals surface area contributed by atoms with Crippen molar-refractivity contribution in [2.45, 2.75) is 26.4 Å². The fourth-order valence-electron chi connectivity index (χ4n) is 1.03. The maximum absolute atomic E-state index is 8.68. The Bertz CT molecular complexity index is 311. The van der Waals surface area contributed by atoms with Gasteiger partial charge in [0.1, 0.15) is 5.76 Å². The van der Waals surface area contributed by atoms with Gasteiger partial charge in [0.15, 0.2) is 0 Å². The fraction of sp³-hybridized carbons (Fsp3) is 0.500. The molecule has 0 saturated heterocycles. The van der Waals surface area contributed by atoms with Gasteiger partial charge in [-0.2, -0.15) is 5.26 Å². The first kappa shape index (κ1) is 9.82. The summed E-state index contributed by atoms with van der Waals surface area (Å²) in [5.74, 6) is 0.935. The van der Waals surface area contributed by atoms with E-state index in [0.717, 1.165) is 11.3 Å². The first-order valence-corrected chi connectivity index (χ1v) is 4.28. The summed E-state index contributed by atoms with van der Waals surface area (Å²) in [6.45, 7) is 4.57. The highest BCUT2D eigenvalue weighted by atomic mass is 16.3. The summed E-state index contributed by atoms with van der Waals surface area (Å²) >= 11 is 0. The highest BCUT2D eigenvalue weighted by Crippen LogP contribution is 2.11. The lowest BCUT2D eigenvalue weighted by Crippen LogP contribution is -2.27. The molecule has 1 heterocycles. The van der Waals surface area contributed by atoms with Crippen LogP contribution < -0.4 is 0 Å². The molecule has 0 N–H and O–H groups in total. The van der Waals surface area contributed by atoms with Crippen LogP contribution in [-0.2, 0) is 6.54 Å². The van der Waals surface area contributed by atoms with Gasteiger partial charge in [0, 0.05) is 0 Å². The molecule has 0 bridgehead atoms. The van der Waals surface area contributed by atoms with Crippen molar-refractivity contribution in [2.75, 3.05) is 7.05 Å². The zero-order chi connectivity index (χ0) is 9.84. The third-order valence-electron chi connectivity index (χ3n) is 2.21. The molecule has 1 aromatic rings. The molecule has 0 aliphatic rings. The molecule has 70 valence electrons. The van der Waals surface area contributed by atoms with Crippen molar-refractivity contribution in [3.63, 3.8) is 0 Å². The minimum atomic E-state index is -0.0792. The molecular weight excluding hydrogens is 164 g/mol. The van der Waals surface area contributed by atoms with Crippen molar-refractivity contribution in [3.05, 3.63) is 23.7 Å². The van der Waals surface area contributed by atoms with Crippen LogP contribution >= 0.6 is 0 Å². The summed E-state index contributed by atoms with van der Waals surface area (Å²) in [6.07, 6.45) is 1.68. The summed E-state index contributed by atoms with van der Waals surface area (Å²) < 4.78 is 5.28. The van der Waals surface area contributed by atoms with Crippen molar-refractivity contribution >= 4 is 0 Å². The van der Waals surface area contributed by atoms with E-state index >= 15 is 0 Å². The van der Waals surface area contributed by atoms with Crippen LogP contribution in [0.5, 0.6) is 0 Å². The van der Waals surface area contributed by atoms with E-state index in [1.807, 2.05) is 31.9 Å². The second-order valence-electron chi connectivity index (χ2n) is 3.25. The molecule has 0 fully saturated rings. The third-order valence-corrected chi connectivity index (χ3v) is 2.21. The van der Waals surface area contributed by atoms with Crippen LogP contribution in [0, 0.1) is 18.3 Å². The molecule has 3 nitrogen and oxygen atoms in total. The number of nitriles is 1. The number of hydrogen-bond acceptors (Lipinski definition) is 3. The van der Waals surface area contributed by atoms with Crippen LogP contribution in [0.25, 0.3) is 0 Å². The molecule has 3 heteroatoms. The highest BCUT2D eigenvalue weighted by Gasteiger charge is 2.11. The molecule has 0 radical (unpaired) electrons. The lowest BCUT2D eigenvalue weighted by Gasteiger charge is -2.17. The van der Waals surface area contributed by atoms with Crippen molar-refractivity contribution < 1.29 is 4.42 Å². The Balaban J connectivity index is 2.60. The van der Waals surface area contributed by atoms with Gasteiger partial charge in [0.25, 0.3) is 0 Å². The summed E-state index contributed by atoms with van der Waals surface area (Å²) in [6, 6.07) is 4.03. The minimum absolute atomic E-state index is 0.0792. The summed E-state index contributed by atoms with van der Waals surface area (Å²) in [5.41, 5.74) is 1.14. The SMILES string of the molecule is Cc1ccoc1CN(C)C(C)C#N. The molecule has 1 rings (SSSR count). The van der Waals surface area contributed by atoms with E-state index in [1.165, 1.54) is 0 Å². The van der Waals surface area contributed by atoms with Crippen molar-refractivity contribution in [1.82, 2.24) is 4.90 Å². The molecule has 0 aliphatic heterocycles. The minimum Gasteiger partial charge on any atom is -0.468 e. The van der Waals surface area contributed by atoms with Crippen molar-refractivity contribution in [2.24, 2.45) is 0 Å². The monoisotopic (exact) mass is 178 g/mol. The first-order valence-electron chi connectivity index (χ1n) is 4.28. The quantitative estimate of drug-likeness (QED) is 0.710. The van der Waals surface area contributed by atoms with E-state index < -0.39 is 0 Å². The Kier molecular flexibility index (Phi) is 3.10. The van der Waals surface area contributed by atoms with Crippen LogP contribution in [0.1, 0.15) is 18.2 Å². The average Bonchev–Trinajstić information content (AvgIpc) is 2.50. The smallest absolute Gasteiger partial charge is 0.120 e. The maximum Gasteiger partial charge on any atom is 0.120 e. The van der Waals surface area contributed by atoms with Gasteiger partial charge in [0.2, 0.25) is 0 Å². The number of rotatable bonds is 3. The molecule has 1 unspecified atom stereocenters. The zero-order valence-corrected chi connectivity index (χ0v) is 8.24. The van der Waals surface area contributed by atoms with E-state index in [4.69, 9.17) is 9.68 Å². The molecule has 1 aromatic heterocycles. The van der Waals surface area contributed by atoms with Crippen LogP contribution in [0.15, 0.2) is 16.7 Å². The Hall–Kier alpha value is -1.27. The van der Waals surface area contributed by atoms with Crippen LogP contribution in [0.3, 0.4) is 0 Å². The Morgan fingerprint density at radius 3 is 2.85 bits per heavy atom. The standard InChI is InChI=1S/C10H14N2O/c1-8-4-5-13-10(8)7-12(3)9(2)6-11/h4-5,9H,7H2,1-3H3. The Labute approximate surface area is 78.6 Å². The van der Waals surface area contributed by atoms with E-state index in [-0.39, 0.29) is 6.04 Å². The van der Waals surface area contributed by atoms with Crippen LogP contribution in [0.2, 0.25) is 0 Å². The predicted octanol–water partition coefficient (Wildman–Crippen LogP) is 1.93. The van der Waals surface area contributed by atoms with Crippen molar-refractivity contribution in [1.29, 1.82) is 5.26 Å². The van der Waals surface area contributed by atoms with Gasteiger partial charge in [-0.1, -0.05) is 0 Å². The van der Waals surface area contributed by atoms with E-state index in [0.29, 0.717) is 6.54 Å². The number of aryl methyl sites for hydroxylation is 1. The second kappa shape index (κ2) is 4.11. The normalized spacial score (nSPS) is 12.8. The Morgan fingerprint density at radius 1 is 1.69 bits per heavy atom. The highest BCUT2D eigenvalue weighted by molar-refractivity contribution is 5.14. The summed E-state index contributed by atoms with van der Waals surface area (Å²) in [7, 11) is 1.91. The second-order valence-corrected chi connectivity index (χ2v) is 3.25. The molecule has 0 aliphatic carbocycles. The van der Waals surface area contributed by atoms with Gasteiger partial charge in [0.05, 0.1) is 24.9 Å².